The van der Waals surface area contributed by atoms with Gasteiger partial charge in [-0.05, 0) is 48.7 Å². The molecule has 3 aromatic carbocycles. The number of halogens is 2. The summed E-state index contributed by atoms with van der Waals surface area (Å²) in [6.45, 7) is 2.31. The van der Waals surface area contributed by atoms with Crippen molar-refractivity contribution < 1.29 is 22.7 Å². The zero-order valence-corrected chi connectivity index (χ0v) is 25.7. The van der Waals surface area contributed by atoms with E-state index in [9.17, 15) is 18.0 Å². The lowest BCUT2D eigenvalue weighted by Crippen LogP contribution is -2.49. The molecule has 0 bridgehead atoms. The number of nitrogens with zero attached hydrogens (tertiary/aromatic N) is 2. The third-order valence-electron chi connectivity index (χ3n) is 6.46. The van der Waals surface area contributed by atoms with Gasteiger partial charge in [0.1, 0.15) is 11.8 Å². The maximum atomic E-state index is 13.8. The van der Waals surface area contributed by atoms with Crippen molar-refractivity contribution in [2.45, 2.75) is 38.8 Å². The first-order chi connectivity index (χ1) is 19.5. The number of carbonyl (C=O) groups is 2. The van der Waals surface area contributed by atoms with E-state index in [4.69, 9.17) is 27.9 Å². The second kappa shape index (κ2) is 15.1. The molecule has 8 nitrogen and oxygen atoms in total. The third kappa shape index (κ3) is 9.11. The minimum Gasteiger partial charge on any atom is -0.492 e. The Balaban J connectivity index is 1.89. The van der Waals surface area contributed by atoms with E-state index in [0.29, 0.717) is 33.7 Å². The van der Waals surface area contributed by atoms with Crippen molar-refractivity contribution in [1.29, 1.82) is 0 Å². The standard InChI is InChI=1S/C30H35Cl2N3O5S/c1-4-40-28-14-9-8-13-26(28)35(41(3,38)39)18-10-15-29(36)34(21-23-16-17-24(31)20-25(23)32)27(30(37)33-2)19-22-11-6-5-7-12-22/h5-9,11-14,16-17,20,27H,4,10,15,18-19,21H2,1-3H3,(H,33,37). The predicted molar refractivity (Wildman–Crippen MR) is 164 cm³/mol. The second-order valence-corrected chi connectivity index (χ2v) is 12.2. The summed E-state index contributed by atoms with van der Waals surface area (Å²) in [7, 11) is -2.15. The molecule has 0 aliphatic heterocycles. The van der Waals surface area contributed by atoms with Crippen LogP contribution in [0, 0.1) is 0 Å². The highest BCUT2D eigenvalue weighted by Gasteiger charge is 2.30. The van der Waals surface area contributed by atoms with Gasteiger partial charge in [-0.3, -0.25) is 13.9 Å². The van der Waals surface area contributed by atoms with Crippen LogP contribution in [0.4, 0.5) is 5.69 Å². The number of carbonyl (C=O) groups excluding carboxylic acids is 2. The Labute approximate surface area is 252 Å². The smallest absolute Gasteiger partial charge is 0.242 e. The van der Waals surface area contributed by atoms with Crippen molar-refractivity contribution in [3.05, 3.63) is 94.0 Å². The van der Waals surface area contributed by atoms with Crippen LogP contribution in [-0.4, -0.2) is 57.6 Å². The number of ether oxygens (including phenoxy) is 1. The van der Waals surface area contributed by atoms with Crippen LogP contribution in [0.1, 0.15) is 30.9 Å². The minimum atomic E-state index is -3.68. The summed E-state index contributed by atoms with van der Waals surface area (Å²) in [5, 5.41) is 3.51. The SMILES string of the molecule is CCOc1ccccc1N(CCCC(=O)N(Cc1ccc(Cl)cc1Cl)C(Cc1ccccc1)C(=O)NC)S(C)(=O)=O. The molecule has 0 saturated heterocycles. The topological polar surface area (TPSA) is 96.0 Å². The lowest BCUT2D eigenvalue weighted by Gasteiger charge is -2.32. The van der Waals surface area contributed by atoms with Gasteiger partial charge in [0.2, 0.25) is 21.8 Å². The average molecular weight is 621 g/mol. The highest BCUT2D eigenvalue weighted by molar-refractivity contribution is 7.92. The van der Waals surface area contributed by atoms with Gasteiger partial charge < -0.3 is 15.0 Å². The first kappa shape index (κ1) is 32.2. The Bertz CT molecular complexity index is 1440. The van der Waals surface area contributed by atoms with Crippen LogP contribution >= 0.6 is 23.2 Å². The zero-order valence-electron chi connectivity index (χ0n) is 23.3. The van der Waals surface area contributed by atoms with Crippen molar-refractivity contribution in [3.8, 4) is 5.75 Å². The van der Waals surface area contributed by atoms with Gasteiger partial charge in [0.25, 0.3) is 0 Å². The molecule has 0 fully saturated rings. The molecule has 0 heterocycles. The molecule has 0 saturated carbocycles. The van der Waals surface area contributed by atoms with Gasteiger partial charge in [-0.2, -0.15) is 0 Å². The van der Waals surface area contributed by atoms with E-state index < -0.39 is 16.1 Å². The van der Waals surface area contributed by atoms with E-state index >= 15 is 0 Å². The number of likely N-dealkylation sites (N-methyl/N-ethyl adjacent to an activating group) is 1. The van der Waals surface area contributed by atoms with Gasteiger partial charge in [0, 0.05) is 43.0 Å². The first-order valence-electron chi connectivity index (χ1n) is 13.2. The summed E-state index contributed by atoms with van der Waals surface area (Å²) in [6, 6.07) is 20.5. The summed E-state index contributed by atoms with van der Waals surface area (Å²) in [4.78, 5) is 28.4. The van der Waals surface area contributed by atoms with E-state index in [1.54, 1.807) is 42.5 Å². The normalized spacial score (nSPS) is 11.9. The second-order valence-electron chi connectivity index (χ2n) is 9.42. The molecule has 2 amide bonds. The van der Waals surface area contributed by atoms with Gasteiger partial charge >= 0.3 is 0 Å². The molecule has 0 aliphatic rings. The quantitative estimate of drug-likeness (QED) is 0.263. The highest BCUT2D eigenvalue weighted by Crippen LogP contribution is 2.30. The number of hydrogen-bond donors (Lipinski definition) is 1. The molecule has 0 aliphatic carbocycles. The first-order valence-corrected chi connectivity index (χ1v) is 15.8. The van der Waals surface area contributed by atoms with Crippen molar-refractivity contribution >= 4 is 50.7 Å². The van der Waals surface area contributed by atoms with Crippen molar-refractivity contribution in [3.63, 3.8) is 0 Å². The van der Waals surface area contributed by atoms with E-state index in [-0.39, 0.29) is 44.2 Å². The maximum absolute atomic E-state index is 13.8. The maximum Gasteiger partial charge on any atom is 0.242 e. The van der Waals surface area contributed by atoms with Crippen LogP contribution in [0.2, 0.25) is 10.0 Å². The number of nitrogens with one attached hydrogen (secondary N) is 1. The molecule has 1 atom stereocenters. The van der Waals surface area contributed by atoms with Crippen LogP contribution in [0.5, 0.6) is 5.75 Å². The highest BCUT2D eigenvalue weighted by atomic mass is 35.5. The number of amides is 2. The van der Waals surface area contributed by atoms with Crippen LogP contribution in [0.25, 0.3) is 0 Å². The lowest BCUT2D eigenvalue weighted by atomic mass is 10.0. The fourth-order valence-electron chi connectivity index (χ4n) is 4.48. The minimum absolute atomic E-state index is 0.00366. The number of anilines is 1. The molecular weight excluding hydrogens is 585 g/mol. The van der Waals surface area contributed by atoms with Crippen LogP contribution < -0.4 is 14.4 Å². The molecule has 220 valence electrons. The summed E-state index contributed by atoms with van der Waals surface area (Å²) < 4.78 is 32.4. The van der Waals surface area contributed by atoms with E-state index in [1.807, 2.05) is 37.3 Å². The fraction of sp³-hybridized carbons (Fsp3) is 0.333. The van der Waals surface area contributed by atoms with Crippen LogP contribution in [-0.2, 0) is 32.6 Å². The Kier molecular flexibility index (Phi) is 11.9. The summed E-state index contributed by atoms with van der Waals surface area (Å²) in [5.74, 6) is -0.198. The van der Waals surface area contributed by atoms with Crippen LogP contribution in [0.15, 0.2) is 72.8 Å². The molecular formula is C30H35Cl2N3O5S. The van der Waals surface area contributed by atoms with Gasteiger partial charge in [-0.1, -0.05) is 71.7 Å². The lowest BCUT2D eigenvalue weighted by molar-refractivity contribution is -0.141. The summed E-state index contributed by atoms with van der Waals surface area (Å²) in [6.07, 6.45) is 1.61. The monoisotopic (exact) mass is 619 g/mol. The molecule has 1 unspecified atom stereocenters. The Morgan fingerprint density at radius 1 is 1.00 bits per heavy atom. The molecule has 41 heavy (non-hydrogen) atoms. The third-order valence-corrected chi connectivity index (χ3v) is 8.23. The Hall–Kier alpha value is -3.27. The molecule has 3 aromatic rings. The molecule has 11 heteroatoms. The van der Waals surface area contributed by atoms with Crippen molar-refractivity contribution in [1.82, 2.24) is 10.2 Å². The fourth-order valence-corrected chi connectivity index (χ4v) is 5.91. The number of rotatable bonds is 14. The van der Waals surface area contributed by atoms with E-state index in [2.05, 4.69) is 5.32 Å². The summed E-state index contributed by atoms with van der Waals surface area (Å²) in [5.41, 5.74) is 1.92. The average Bonchev–Trinajstić information content (AvgIpc) is 2.94. The molecule has 0 aromatic heterocycles. The molecule has 3 rings (SSSR count). The van der Waals surface area contributed by atoms with E-state index in [0.717, 1.165) is 11.8 Å². The number of para-hydroxylation sites is 2. The zero-order chi connectivity index (χ0) is 30.0. The van der Waals surface area contributed by atoms with Gasteiger partial charge in [-0.15, -0.1) is 0 Å². The number of benzene rings is 3. The van der Waals surface area contributed by atoms with Gasteiger partial charge in [0.15, 0.2) is 0 Å². The van der Waals surface area contributed by atoms with E-state index in [1.165, 1.54) is 16.3 Å². The Morgan fingerprint density at radius 2 is 1.68 bits per heavy atom. The molecule has 1 N–H and O–H groups in total. The summed E-state index contributed by atoms with van der Waals surface area (Å²) >= 11 is 12.5. The molecule has 0 spiro atoms. The predicted octanol–water partition coefficient (Wildman–Crippen LogP) is 5.32. The van der Waals surface area contributed by atoms with Crippen molar-refractivity contribution in [2.24, 2.45) is 0 Å². The Morgan fingerprint density at radius 3 is 2.32 bits per heavy atom. The number of sulfonamides is 1. The van der Waals surface area contributed by atoms with Crippen molar-refractivity contribution in [2.75, 3.05) is 30.8 Å². The number of hydrogen-bond acceptors (Lipinski definition) is 5. The van der Waals surface area contributed by atoms with Gasteiger partial charge in [-0.25, -0.2) is 8.42 Å². The largest absolute Gasteiger partial charge is 0.492 e. The van der Waals surface area contributed by atoms with Crippen LogP contribution in [0.3, 0.4) is 0 Å². The van der Waals surface area contributed by atoms with Gasteiger partial charge in [0.05, 0.1) is 18.6 Å². The molecule has 0 radical (unpaired) electrons.